The van der Waals surface area contributed by atoms with Crippen LogP contribution in [-0.2, 0) is 16.1 Å². The van der Waals surface area contributed by atoms with Crippen molar-refractivity contribution >= 4 is 29.5 Å². The molecule has 0 saturated carbocycles. The van der Waals surface area contributed by atoms with Gasteiger partial charge in [0.1, 0.15) is 5.54 Å². The third-order valence-corrected chi connectivity index (χ3v) is 5.86. The summed E-state index contributed by atoms with van der Waals surface area (Å²) in [6, 6.07) is 7.03. The number of carboxylic acids is 1. The number of likely N-dealkylation sites (tertiary alicyclic amines) is 1. The van der Waals surface area contributed by atoms with Crippen molar-refractivity contribution < 1.29 is 19.5 Å². The van der Waals surface area contributed by atoms with Crippen LogP contribution >= 0.6 is 11.8 Å². The van der Waals surface area contributed by atoms with Crippen molar-refractivity contribution in [3.63, 3.8) is 0 Å². The monoisotopic (exact) mass is 362 g/mol. The summed E-state index contributed by atoms with van der Waals surface area (Å²) in [5.74, 6) is 0.300. The highest BCUT2D eigenvalue weighted by Gasteiger charge is 2.41. The SMILES string of the molecule is O=C(NC1(C(=O)O)CCSCC1)c1ccc(CN2CCCC2=O)cc1. The van der Waals surface area contributed by atoms with E-state index in [1.54, 1.807) is 23.9 Å². The zero-order chi connectivity index (χ0) is 17.9. The molecule has 134 valence electrons. The summed E-state index contributed by atoms with van der Waals surface area (Å²) in [4.78, 5) is 37.6. The Bertz CT molecular complexity index is 668. The van der Waals surface area contributed by atoms with Gasteiger partial charge in [-0.15, -0.1) is 0 Å². The Morgan fingerprint density at radius 2 is 1.88 bits per heavy atom. The average Bonchev–Trinajstić information content (AvgIpc) is 3.01. The minimum absolute atomic E-state index is 0.167. The van der Waals surface area contributed by atoms with Crippen LogP contribution in [0.1, 0.15) is 41.6 Å². The summed E-state index contributed by atoms with van der Waals surface area (Å²) in [7, 11) is 0. The molecule has 0 spiro atoms. The van der Waals surface area contributed by atoms with Crippen LogP contribution in [0.15, 0.2) is 24.3 Å². The number of hydrogen-bond donors (Lipinski definition) is 2. The maximum absolute atomic E-state index is 12.5. The molecule has 0 atom stereocenters. The van der Waals surface area contributed by atoms with Gasteiger partial charge in [0.2, 0.25) is 5.91 Å². The van der Waals surface area contributed by atoms with E-state index in [2.05, 4.69) is 5.32 Å². The molecule has 0 radical (unpaired) electrons. The molecule has 2 heterocycles. The maximum Gasteiger partial charge on any atom is 0.329 e. The molecule has 0 unspecified atom stereocenters. The smallest absolute Gasteiger partial charge is 0.329 e. The molecular formula is C18H22N2O4S. The zero-order valence-corrected chi connectivity index (χ0v) is 14.8. The first-order valence-electron chi connectivity index (χ1n) is 8.50. The number of carboxylic acid groups (broad SMARTS) is 1. The van der Waals surface area contributed by atoms with Crippen molar-refractivity contribution in [1.29, 1.82) is 0 Å². The summed E-state index contributed by atoms with van der Waals surface area (Å²) in [5.41, 5.74) is 0.243. The zero-order valence-electron chi connectivity index (χ0n) is 14.0. The first-order valence-corrected chi connectivity index (χ1v) is 9.66. The Morgan fingerprint density at radius 3 is 2.44 bits per heavy atom. The fraction of sp³-hybridized carbons (Fsp3) is 0.500. The third kappa shape index (κ3) is 3.98. The Balaban J connectivity index is 1.65. The molecule has 7 heteroatoms. The van der Waals surface area contributed by atoms with Gasteiger partial charge in [-0.25, -0.2) is 4.79 Å². The van der Waals surface area contributed by atoms with E-state index in [4.69, 9.17) is 0 Å². The van der Waals surface area contributed by atoms with Crippen molar-refractivity contribution in [2.45, 2.75) is 37.8 Å². The second-order valence-electron chi connectivity index (χ2n) is 6.57. The van der Waals surface area contributed by atoms with Gasteiger partial charge < -0.3 is 15.3 Å². The third-order valence-electron chi connectivity index (χ3n) is 4.87. The summed E-state index contributed by atoms with van der Waals surface area (Å²) in [6.45, 7) is 1.33. The van der Waals surface area contributed by atoms with Crippen LogP contribution in [-0.4, -0.2) is 51.4 Å². The molecule has 0 aliphatic carbocycles. The summed E-state index contributed by atoms with van der Waals surface area (Å²) >= 11 is 1.71. The normalized spacial score (nSPS) is 19.7. The maximum atomic E-state index is 12.5. The molecule has 0 bridgehead atoms. The molecule has 6 nitrogen and oxygen atoms in total. The quantitative estimate of drug-likeness (QED) is 0.835. The van der Waals surface area contributed by atoms with Gasteiger partial charge in [-0.3, -0.25) is 9.59 Å². The lowest BCUT2D eigenvalue weighted by Gasteiger charge is -2.33. The molecule has 3 rings (SSSR count). The lowest BCUT2D eigenvalue weighted by Crippen LogP contribution is -2.56. The molecule has 2 fully saturated rings. The van der Waals surface area contributed by atoms with E-state index in [0.29, 0.717) is 31.4 Å². The number of aliphatic carboxylic acids is 1. The van der Waals surface area contributed by atoms with Crippen LogP contribution in [0.25, 0.3) is 0 Å². The number of nitrogens with one attached hydrogen (secondary N) is 1. The topological polar surface area (TPSA) is 86.7 Å². The van der Waals surface area contributed by atoms with Gasteiger partial charge in [-0.1, -0.05) is 12.1 Å². The molecular weight excluding hydrogens is 340 g/mol. The van der Waals surface area contributed by atoms with Crippen LogP contribution in [0, 0.1) is 0 Å². The van der Waals surface area contributed by atoms with Crippen LogP contribution < -0.4 is 5.32 Å². The molecule has 25 heavy (non-hydrogen) atoms. The van der Waals surface area contributed by atoms with Gasteiger partial charge in [0.05, 0.1) is 0 Å². The van der Waals surface area contributed by atoms with Crippen molar-refractivity contribution in [3.05, 3.63) is 35.4 Å². The van der Waals surface area contributed by atoms with Crippen molar-refractivity contribution in [3.8, 4) is 0 Å². The fourth-order valence-electron chi connectivity index (χ4n) is 3.25. The highest BCUT2D eigenvalue weighted by Crippen LogP contribution is 2.28. The fourth-order valence-corrected chi connectivity index (χ4v) is 4.44. The first kappa shape index (κ1) is 17.8. The second-order valence-corrected chi connectivity index (χ2v) is 7.79. The van der Waals surface area contributed by atoms with Gasteiger partial charge in [-0.05, 0) is 48.5 Å². The summed E-state index contributed by atoms with van der Waals surface area (Å²) < 4.78 is 0. The molecule has 2 aliphatic rings. The number of carbonyl (C=O) groups excluding carboxylic acids is 2. The van der Waals surface area contributed by atoms with Gasteiger partial charge in [0.25, 0.3) is 5.91 Å². The minimum Gasteiger partial charge on any atom is -0.480 e. The number of amides is 2. The van der Waals surface area contributed by atoms with Gasteiger partial charge >= 0.3 is 5.97 Å². The predicted octanol–water partition coefficient (Wildman–Crippen LogP) is 1.89. The van der Waals surface area contributed by atoms with Crippen LogP contribution in [0.3, 0.4) is 0 Å². The highest BCUT2D eigenvalue weighted by molar-refractivity contribution is 7.99. The summed E-state index contributed by atoms with van der Waals surface area (Å²) in [5, 5.41) is 12.3. The predicted molar refractivity (Wildman–Crippen MR) is 95.5 cm³/mol. The van der Waals surface area contributed by atoms with Gasteiger partial charge in [0.15, 0.2) is 0 Å². The van der Waals surface area contributed by atoms with E-state index < -0.39 is 11.5 Å². The minimum atomic E-state index is -1.16. The van der Waals surface area contributed by atoms with E-state index in [1.807, 2.05) is 17.0 Å². The number of carbonyl (C=O) groups is 3. The number of thioether (sulfide) groups is 1. The summed E-state index contributed by atoms with van der Waals surface area (Å²) in [6.07, 6.45) is 2.38. The lowest BCUT2D eigenvalue weighted by molar-refractivity contribution is -0.144. The van der Waals surface area contributed by atoms with E-state index in [0.717, 1.165) is 30.0 Å². The number of benzene rings is 1. The molecule has 2 amide bonds. The Kier molecular flexibility index (Phi) is 5.32. The van der Waals surface area contributed by atoms with Gasteiger partial charge in [-0.2, -0.15) is 11.8 Å². The van der Waals surface area contributed by atoms with E-state index >= 15 is 0 Å². The first-order chi connectivity index (χ1) is 12.0. The van der Waals surface area contributed by atoms with Crippen molar-refractivity contribution in [1.82, 2.24) is 10.2 Å². The lowest BCUT2D eigenvalue weighted by atomic mass is 9.91. The van der Waals surface area contributed by atoms with E-state index in [-0.39, 0.29) is 11.8 Å². The molecule has 2 aliphatic heterocycles. The largest absolute Gasteiger partial charge is 0.480 e. The molecule has 1 aromatic carbocycles. The highest BCUT2D eigenvalue weighted by atomic mass is 32.2. The van der Waals surface area contributed by atoms with E-state index in [1.165, 1.54) is 0 Å². The Morgan fingerprint density at radius 1 is 1.20 bits per heavy atom. The van der Waals surface area contributed by atoms with Crippen LogP contribution in [0.2, 0.25) is 0 Å². The second kappa shape index (κ2) is 7.47. The molecule has 0 aromatic heterocycles. The van der Waals surface area contributed by atoms with E-state index in [9.17, 15) is 19.5 Å². The average molecular weight is 362 g/mol. The van der Waals surface area contributed by atoms with Gasteiger partial charge in [0, 0.05) is 25.1 Å². The number of rotatable bonds is 5. The molecule has 2 saturated heterocycles. The van der Waals surface area contributed by atoms with Crippen LogP contribution in [0.5, 0.6) is 0 Å². The van der Waals surface area contributed by atoms with Crippen molar-refractivity contribution in [2.24, 2.45) is 0 Å². The molecule has 1 aromatic rings. The van der Waals surface area contributed by atoms with Crippen LogP contribution in [0.4, 0.5) is 0 Å². The Labute approximate surface area is 151 Å². The van der Waals surface area contributed by atoms with Crippen molar-refractivity contribution in [2.75, 3.05) is 18.1 Å². The standard InChI is InChI=1S/C18H22N2O4S/c21-15-2-1-9-20(15)12-13-3-5-14(6-4-13)16(22)19-18(17(23)24)7-10-25-11-8-18/h3-6H,1-2,7-12H2,(H,19,22)(H,23,24). The number of hydrogen-bond acceptors (Lipinski definition) is 4. The Hall–Kier alpha value is -2.02. The molecule has 2 N–H and O–H groups in total. The number of nitrogens with zero attached hydrogens (tertiary/aromatic N) is 1.